The molecule has 0 bridgehead atoms. The number of nitrogens with one attached hydrogen (secondary N) is 2. The van der Waals surface area contributed by atoms with Crippen LogP contribution in [0.1, 0.15) is 48.8 Å². The smallest absolute Gasteiger partial charge is 0.234 e. The van der Waals surface area contributed by atoms with Gasteiger partial charge in [0.1, 0.15) is 0 Å². The minimum absolute atomic E-state index is 0.117. The number of carbonyl (C=O) groups excluding carboxylic acids is 2. The minimum Gasteiger partial charge on any atom is -0.389 e. The Morgan fingerprint density at radius 2 is 2.00 bits per heavy atom. The molecule has 0 aromatic heterocycles. The second-order valence-corrected chi connectivity index (χ2v) is 4.49. The fraction of sp³-hybridized carbons (Fsp3) is 0.846. The number of rotatable bonds is 8. The molecule has 3 N–H and O–H groups in total. The van der Waals surface area contributed by atoms with Crippen LogP contribution in [0.3, 0.4) is 0 Å². The van der Waals surface area contributed by atoms with E-state index in [0.29, 0.717) is 19.4 Å². The van der Waals surface area contributed by atoms with Gasteiger partial charge in [-0.1, -0.05) is 20.8 Å². The van der Waals surface area contributed by atoms with Crippen molar-refractivity contribution in [3.63, 3.8) is 0 Å². The predicted molar refractivity (Wildman–Crippen MR) is 74.2 cm³/mol. The van der Waals surface area contributed by atoms with Crippen LogP contribution in [-0.2, 0) is 9.59 Å². The van der Waals surface area contributed by atoms with Gasteiger partial charge in [-0.3, -0.25) is 15.0 Å². The summed E-state index contributed by atoms with van der Waals surface area (Å²) < 4.78 is 7.00. The summed E-state index contributed by atoms with van der Waals surface area (Å²) in [6.07, 6.45) is 0.0930. The fourth-order valence-corrected chi connectivity index (χ4v) is 1.86. The lowest BCUT2D eigenvalue weighted by atomic mass is 10.0. The van der Waals surface area contributed by atoms with E-state index in [1.807, 2.05) is 13.8 Å². The molecular formula is C13H27N3O3. The number of hydrazine groups is 1. The molecule has 3 atom stereocenters. The van der Waals surface area contributed by atoms with Crippen LogP contribution in [0, 0.1) is 0 Å². The van der Waals surface area contributed by atoms with Crippen LogP contribution in [-0.4, -0.2) is 46.7 Å². The van der Waals surface area contributed by atoms with Crippen molar-refractivity contribution in [3.8, 4) is 0 Å². The summed E-state index contributed by atoms with van der Waals surface area (Å²) in [6.45, 7) is 7.47. The molecule has 0 saturated heterocycles. The number of carbonyl (C=O) groups is 2. The number of aliphatic hydroxyl groups is 1. The lowest BCUT2D eigenvalue weighted by Gasteiger charge is -2.35. The molecule has 0 spiro atoms. The summed E-state index contributed by atoms with van der Waals surface area (Å²) in [5.41, 5.74) is 2.73. The first kappa shape index (κ1) is 15.9. The number of hydrogen-bond donors (Lipinski definition) is 3. The first-order chi connectivity index (χ1) is 9.40. The van der Waals surface area contributed by atoms with Gasteiger partial charge in [-0.2, -0.15) is 0 Å². The highest BCUT2D eigenvalue weighted by molar-refractivity contribution is 5.75. The molecule has 0 fully saturated rings. The highest BCUT2D eigenvalue weighted by atomic mass is 16.3. The Labute approximate surface area is 116 Å². The molecule has 0 aliphatic carbocycles. The molecule has 0 aromatic carbocycles. The quantitative estimate of drug-likeness (QED) is 0.561. The first-order valence-corrected chi connectivity index (χ1v) is 6.73. The van der Waals surface area contributed by atoms with Crippen LogP contribution in [0.2, 0.25) is 0 Å². The maximum absolute atomic E-state index is 11.4. The zero-order chi connectivity index (χ0) is 15.7. The van der Waals surface area contributed by atoms with E-state index in [2.05, 4.69) is 10.7 Å². The number of hydrogen-bond acceptors (Lipinski definition) is 4. The molecular weight excluding hydrogens is 246 g/mol. The van der Waals surface area contributed by atoms with Crippen LogP contribution >= 0.6 is 0 Å². The Hall–Kier alpha value is -1.14. The van der Waals surface area contributed by atoms with Crippen molar-refractivity contribution in [3.05, 3.63) is 0 Å². The van der Waals surface area contributed by atoms with Crippen molar-refractivity contribution in [2.24, 2.45) is 0 Å². The van der Waals surface area contributed by atoms with Gasteiger partial charge in [0.05, 0.1) is 18.2 Å². The first-order valence-electron chi connectivity index (χ1n) is 7.44. The second kappa shape index (κ2) is 8.87. The molecule has 0 aromatic rings. The number of likely N-dealkylation sites (N-methyl/N-ethyl adjacent to an activating group) is 1. The Kier molecular flexibility index (Phi) is 7.43. The maximum atomic E-state index is 11.4. The summed E-state index contributed by atoms with van der Waals surface area (Å²) in [6, 6.07) is -0.776. The highest BCUT2D eigenvalue weighted by Gasteiger charge is 2.28. The van der Waals surface area contributed by atoms with E-state index in [-0.39, 0.29) is 18.8 Å². The van der Waals surface area contributed by atoms with Gasteiger partial charge >= 0.3 is 0 Å². The lowest BCUT2D eigenvalue weighted by Crippen LogP contribution is -2.57. The third-order valence-electron chi connectivity index (χ3n) is 3.11. The summed E-state index contributed by atoms with van der Waals surface area (Å²) in [5, 5.41) is 14.6. The molecule has 2 amide bonds. The molecule has 6 nitrogen and oxygen atoms in total. The van der Waals surface area contributed by atoms with Crippen LogP contribution < -0.4 is 10.7 Å². The summed E-state index contributed by atoms with van der Waals surface area (Å²) >= 11 is 0. The van der Waals surface area contributed by atoms with Gasteiger partial charge in [0.15, 0.2) is 0 Å². The SMILES string of the molecule is [3H]CC(=O)NC(CC)C(O)C(C)N(CC)NC(=O)CC. The second-order valence-electron chi connectivity index (χ2n) is 4.49. The Morgan fingerprint density at radius 3 is 2.42 bits per heavy atom. The van der Waals surface area contributed by atoms with Crippen molar-refractivity contribution >= 4 is 11.8 Å². The van der Waals surface area contributed by atoms with E-state index in [1.54, 1.807) is 18.9 Å². The number of nitrogens with zero attached hydrogens (tertiary/aromatic N) is 1. The fourth-order valence-electron chi connectivity index (χ4n) is 1.86. The van der Waals surface area contributed by atoms with Crippen molar-refractivity contribution in [2.75, 3.05) is 6.54 Å². The highest BCUT2D eigenvalue weighted by Crippen LogP contribution is 2.09. The molecule has 0 saturated carbocycles. The minimum atomic E-state index is -0.826. The molecule has 0 aliphatic heterocycles. The van der Waals surface area contributed by atoms with E-state index >= 15 is 0 Å². The molecule has 3 unspecified atom stereocenters. The zero-order valence-electron chi connectivity index (χ0n) is 13.3. The van der Waals surface area contributed by atoms with Crippen LogP contribution in [0.4, 0.5) is 0 Å². The lowest BCUT2D eigenvalue weighted by molar-refractivity contribution is -0.129. The van der Waals surface area contributed by atoms with Gasteiger partial charge in [0.2, 0.25) is 11.8 Å². The average molecular weight is 275 g/mol. The van der Waals surface area contributed by atoms with Crippen LogP contribution in [0.25, 0.3) is 0 Å². The molecule has 0 rings (SSSR count). The molecule has 6 heteroatoms. The van der Waals surface area contributed by atoms with E-state index in [0.717, 1.165) is 0 Å². The Morgan fingerprint density at radius 1 is 1.37 bits per heavy atom. The van der Waals surface area contributed by atoms with Gasteiger partial charge < -0.3 is 10.4 Å². The van der Waals surface area contributed by atoms with Gasteiger partial charge in [0.25, 0.3) is 0 Å². The largest absolute Gasteiger partial charge is 0.389 e. The summed E-state index contributed by atoms with van der Waals surface area (Å²) in [7, 11) is 0. The van der Waals surface area contributed by atoms with Crippen molar-refractivity contribution < 1.29 is 16.1 Å². The summed E-state index contributed by atoms with van der Waals surface area (Å²) in [5.74, 6) is -0.530. The van der Waals surface area contributed by atoms with Gasteiger partial charge in [-0.25, -0.2) is 5.01 Å². The molecule has 0 aliphatic rings. The van der Waals surface area contributed by atoms with E-state index < -0.39 is 18.1 Å². The third-order valence-corrected chi connectivity index (χ3v) is 3.11. The molecule has 0 heterocycles. The van der Waals surface area contributed by atoms with Crippen LogP contribution in [0.5, 0.6) is 0 Å². The normalized spacial score (nSPS) is 16.4. The van der Waals surface area contributed by atoms with E-state index in [1.165, 1.54) is 0 Å². The zero-order valence-corrected chi connectivity index (χ0v) is 12.3. The predicted octanol–water partition coefficient (Wildman–Crippen LogP) is 0.414. The molecule has 0 radical (unpaired) electrons. The summed E-state index contributed by atoms with van der Waals surface area (Å²) in [4.78, 5) is 22.7. The number of amides is 2. The third kappa shape index (κ3) is 6.02. The van der Waals surface area contributed by atoms with Crippen molar-refractivity contribution in [2.45, 2.75) is 65.6 Å². The van der Waals surface area contributed by atoms with E-state index in [9.17, 15) is 14.7 Å². The molecule has 112 valence electrons. The molecule has 19 heavy (non-hydrogen) atoms. The van der Waals surface area contributed by atoms with Gasteiger partial charge in [0, 0.05) is 21.2 Å². The maximum Gasteiger partial charge on any atom is 0.234 e. The van der Waals surface area contributed by atoms with Crippen molar-refractivity contribution in [1.29, 1.82) is 0 Å². The Balaban J connectivity index is 4.71. The van der Waals surface area contributed by atoms with Crippen LogP contribution in [0.15, 0.2) is 0 Å². The van der Waals surface area contributed by atoms with Gasteiger partial charge in [-0.05, 0) is 13.3 Å². The van der Waals surface area contributed by atoms with E-state index in [4.69, 9.17) is 1.37 Å². The van der Waals surface area contributed by atoms with Gasteiger partial charge in [-0.15, -0.1) is 0 Å². The standard InChI is InChI=1S/C13H27N3O3/c1-6-11(14-10(5)17)13(19)9(4)16(8-3)15-12(18)7-2/h9,11,13,19H,6-8H2,1-5H3,(H,14,17)(H,15,18)/i5T. The monoisotopic (exact) mass is 275 g/mol. The topological polar surface area (TPSA) is 81.7 Å². The van der Waals surface area contributed by atoms with Crippen molar-refractivity contribution in [1.82, 2.24) is 15.8 Å². The Bertz CT molecular complexity index is 285. The average Bonchev–Trinajstić information content (AvgIpc) is 2.47. The number of aliphatic hydroxyl groups excluding tert-OH is 1.